The number of carbonyl (C=O) groups excluding carboxylic acids is 1. The van der Waals surface area contributed by atoms with Crippen LogP contribution in [0.4, 0.5) is 0 Å². The smallest absolute Gasteiger partial charge is 0.187 e. The van der Waals surface area contributed by atoms with Gasteiger partial charge in [0, 0.05) is 17.3 Å². The van der Waals surface area contributed by atoms with Crippen molar-refractivity contribution in [3.05, 3.63) is 33.5 Å². The molecule has 0 saturated carbocycles. The molecule has 0 unspecified atom stereocenters. The minimum atomic E-state index is 0.0274. The van der Waals surface area contributed by atoms with Gasteiger partial charge in [0.1, 0.15) is 10.7 Å². The van der Waals surface area contributed by atoms with E-state index in [1.54, 1.807) is 16.0 Å². The van der Waals surface area contributed by atoms with Gasteiger partial charge in [0.2, 0.25) is 0 Å². The topological polar surface area (TPSA) is 47.8 Å². The second-order valence-electron chi connectivity index (χ2n) is 5.96. The van der Waals surface area contributed by atoms with Crippen LogP contribution in [0, 0.1) is 6.92 Å². The summed E-state index contributed by atoms with van der Waals surface area (Å²) in [6.45, 7) is 11.0. The first-order valence-corrected chi connectivity index (χ1v) is 7.71. The number of aryl methyl sites for hydroxylation is 2. The maximum Gasteiger partial charge on any atom is 0.187 e. The zero-order valence-electron chi connectivity index (χ0n) is 12.7. The first-order chi connectivity index (χ1) is 9.31. The number of carbonyl (C=O) groups is 1. The molecule has 0 saturated heterocycles. The molecule has 0 bridgehead atoms. The molecule has 2 aromatic heterocycles. The summed E-state index contributed by atoms with van der Waals surface area (Å²) in [6, 6.07) is 1.85. The van der Waals surface area contributed by atoms with Gasteiger partial charge >= 0.3 is 0 Å². The van der Waals surface area contributed by atoms with Crippen molar-refractivity contribution in [2.75, 3.05) is 0 Å². The normalized spacial score (nSPS) is 11.8. The van der Waals surface area contributed by atoms with Gasteiger partial charge in [-0.25, -0.2) is 4.98 Å². The van der Waals surface area contributed by atoms with Crippen LogP contribution in [0.5, 0.6) is 0 Å². The molecule has 2 aromatic rings. The van der Waals surface area contributed by atoms with Gasteiger partial charge in [-0.3, -0.25) is 9.48 Å². The summed E-state index contributed by atoms with van der Waals surface area (Å²) in [6.07, 6.45) is 0.353. The second-order valence-corrected chi connectivity index (χ2v) is 6.91. The Kier molecular flexibility index (Phi) is 4.09. The van der Waals surface area contributed by atoms with Crippen LogP contribution in [-0.2, 0) is 18.4 Å². The predicted molar refractivity (Wildman–Crippen MR) is 81.5 cm³/mol. The minimum Gasteiger partial charge on any atom is -0.292 e. The molecular weight excluding hydrogens is 270 g/mol. The number of aromatic nitrogens is 3. The lowest BCUT2D eigenvalue weighted by Crippen LogP contribution is -2.13. The molecular formula is C15H21N3OS. The number of Topliss-reactive ketones (excluding diaryl/α,β-unsaturated/α-hetero) is 1. The van der Waals surface area contributed by atoms with E-state index in [2.05, 4.69) is 30.9 Å². The monoisotopic (exact) mass is 291 g/mol. The highest BCUT2D eigenvalue weighted by Crippen LogP contribution is 2.24. The molecule has 0 fully saturated rings. The van der Waals surface area contributed by atoms with E-state index in [4.69, 9.17) is 0 Å². The predicted octanol–water partition coefficient (Wildman–Crippen LogP) is 3.39. The van der Waals surface area contributed by atoms with Gasteiger partial charge in [0.15, 0.2) is 5.78 Å². The maximum atomic E-state index is 12.4. The van der Waals surface area contributed by atoms with Crippen LogP contribution in [0.2, 0.25) is 0 Å². The molecule has 20 heavy (non-hydrogen) atoms. The molecule has 0 atom stereocenters. The number of rotatable bonds is 4. The number of hydrogen-bond acceptors (Lipinski definition) is 4. The van der Waals surface area contributed by atoms with Gasteiger partial charge in [-0.05, 0) is 19.9 Å². The summed E-state index contributed by atoms with van der Waals surface area (Å²) in [5.74, 6) is 0.0854. The summed E-state index contributed by atoms with van der Waals surface area (Å²) in [5, 5.41) is 7.24. The Hall–Kier alpha value is -1.49. The SMILES string of the molecule is CCn1nc(C)cc1C(=O)Cc1nc(C(C)(C)C)cs1. The van der Waals surface area contributed by atoms with E-state index in [-0.39, 0.29) is 11.2 Å². The average molecular weight is 291 g/mol. The molecule has 0 aliphatic heterocycles. The Bertz CT molecular complexity index is 619. The molecule has 0 N–H and O–H groups in total. The summed E-state index contributed by atoms with van der Waals surface area (Å²) in [7, 11) is 0. The van der Waals surface area contributed by atoms with Gasteiger partial charge in [-0.1, -0.05) is 20.8 Å². The molecule has 2 heterocycles. The van der Waals surface area contributed by atoms with Crippen LogP contribution in [-0.4, -0.2) is 20.5 Å². The van der Waals surface area contributed by atoms with Crippen LogP contribution >= 0.6 is 11.3 Å². The van der Waals surface area contributed by atoms with Crippen molar-refractivity contribution < 1.29 is 4.79 Å². The van der Waals surface area contributed by atoms with Crippen LogP contribution in [0.15, 0.2) is 11.4 Å². The third-order valence-corrected chi connectivity index (χ3v) is 3.97. The number of ketones is 1. The largest absolute Gasteiger partial charge is 0.292 e. The standard InChI is InChI=1S/C15H21N3OS/c1-6-18-11(7-10(2)17-18)12(19)8-14-16-13(9-20-14)15(3,4)5/h7,9H,6,8H2,1-5H3. The molecule has 0 aromatic carbocycles. The third kappa shape index (κ3) is 3.15. The molecule has 5 heteroatoms. The Labute approximate surface area is 123 Å². The molecule has 0 radical (unpaired) electrons. The Morgan fingerprint density at radius 2 is 2.10 bits per heavy atom. The van der Waals surface area contributed by atoms with Crippen molar-refractivity contribution in [1.82, 2.24) is 14.8 Å². The maximum absolute atomic E-state index is 12.4. The highest BCUT2D eigenvalue weighted by atomic mass is 32.1. The van der Waals surface area contributed by atoms with Crippen molar-refractivity contribution in [2.24, 2.45) is 0 Å². The van der Waals surface area contributed by atoms with Gasteiger partial charge in [0.05, 0.1) is 17.8 Å². The van der Waals surface area contributed by atoms with Gasteiger partial charge < -0.3 is 0 Å². The van der Waals surface area contributed by atoms with E-state index in [1.165, 1.54) is 0 Å². The molecule has 108 valence electrons. The van der Waals surface area contributed by atoms with Crippen molar-refractivity contribution in [3.63, 3.8) is 0 Å². The molecule has 0 aliphatic carbocycles. The lowest BCUT2D eigenvalue weighted by atomic mass is 9.93. The fraction of sp³-hybridized carbons (Fsp3) is 0.533. The summed E-state index contributed by atoms with van der Waals surface area (Å²) >= 11 is 1.56. The Morgan fingerprint density at radius 3 is 2.65 bits per heavy atom. The van der Waals surface area contributed by atoms with Gasteiger partial charge in [-0.2, -0.15) is 5.10 Å². The Balaban J connectivity index is 2.17. The zero-order valence-corrected chi connectivity index (χ0v) is 13.5. The fourth-order valence-electron chi connectivity index (χ4n) is 1.98. The van der Waals surface area contributed by atoms with E-state index in [0.29, 0.717) is 18.7 Å². The summed E-state index contributed by atoms with van der Waals surface area (Å²) < 4.78 is 1.76. The minimum absolute atomic E-state index is 0.0274. The zero-order chi connectivity index (χ0) is 14.9. The first-order valence-electron chi connectivity index (χ1n) is 6.83. The van der Waals surface area contributed by atoms with E-state index in [1.807, 2.05) is 25.3 Å². The lowest BCUT2D eigenvalue weighted by molar-refractivity contribution is 0.0982. The van der Waals surface area contributed by atoms with Crippen molar-refractivity contribution in [2.45, 2.75) is 53.0 Å². The summed E-state index contributed by atoms with van der Waals surface area (Å²) in [4.78, 5) is 16.9. The lowest BCUT2D eigenvalue weighted by Gasteiger charge is -2.14. The van der Waals surface area contributed by atoms with Crippen LogP contribution in [0.3, 0.4) is 0 Å². The average Bonchev–Trinajstić information content (AvgIpc) is 2.94. The first kappa shape index (κ1) is 14.9. The van der Waals surface area contributed by atoms with Gasteiger partial charge in [0.25, 0.3) is 0 Å². The number of nitrogens with zero attached hydrogens (tertiary/aromatic N) is 3. The Morgan fingerprint density at radius 1 is 1.40 bits per heavy atom. The van der Waals surface area contributed by atoms with E-state index in [0.717, 1.165) is 16.4 Å². The van der Waals surface area contributed by atoms with Gasteiger partial charge in [-0.15, -0.1) is 11.3 Å². The van der Waals surface area contributed by atoms with Crippen molar-refractivity contribution in [3.8, 4) is 0 Å². The molecule has 0 aliphatic rings. The highest BCUT2D eigenvalue weighted by molar-refractivity contribution is 7.09. The van der Waals surface area contributed by atoms with E-state index in [9.17, 15) is 4.79 Å². The molecule has 2 rings (SSSR count). The third-order valence-electron chi connectivity index (χ3n) is 3.12. The van der Waals surface area contributed by atoms with Crippen LogP contribution < -0.4 is 0 Å². The highest BCUT2D eigenvalue weighted by Gasteiger charge is 2.20. The van der Waals surface area contributed by atoms with Crippen molar-refractivity contribution >= 4 is 17.1 Å². The fourth-order valence-corrected chi connectivity index (χ4v) is 2.99. The summed E-state index contributed by atoms with van der Waals surface area (Å²) in [5.41, 5.74) is 2.63. The van der Waals surface area contributed by atoms with Crippen molar-refractivity contribution in [1.29, 1.82) is 0 Å². The molecule has 0 spiro atoms. The van der Waals surface area contributed by atoms with Crippen LogP contribution in [0.25, 0.3) is 0 Å². The van der Waals surface area contributed by atoms with E-state index >= 15 is 0 Å². The quantitative estimate of drug-likeness (QED) is 0.811. The molecule has 0 amide bonds. The van der Waals surface area contributed by atoms with E-state index < -0.39 is 0 Å². The second kappa shape index (κ2) is 5.48. The number of thiazole rings is 1. The molecule has 4 nitrogen and oxygen atoms in total. The number of hydrogen-bond donors (Lipinski definition) is 0. The van der Waals surface area contributed by atoms with Crippen LogP contribution in [0.1, 0.15) is 54.6 Å².